The average Bonchev–Trinajstić information content (AvgIpc) is 2.88. The Morgan fingerprint density at radius 3 is 2.93 bits per heavy atom. The summed E-state index contributed by atoms with van der Waals surface area (Å²) < 4.78 is 5.35. The molecule has 0 atom stereocenters. The third-order valence-corrected chi connectivity index (χ3v) is 2.76. The molecule has 1 saturated heterocycles. The summed E-state index contributed by atoms with van der Waals surface area (Å²) in [4.78, 5) is 6.76. The maximum Gasteiger partial charge on any atom is 0.139 e. The summed E-state index contributed by atoms with van der Waals surface area (Å²) in [6.07, 6.45) is 6.09. The van der Waals surface area contributed by atoms with Gasteiger partial charge in [-0.05, 0) is 25.0 Å². The topological polar surface area (TPSA) is 29.3 Å². The number of hydrogen-bond acceptors (Lipinski definition) is 3. The Morgan fingerprint density at radius 2 is 2.07 bits per heavy atom. The van der Waals surface area contributed by atoms with Crippen molar-refractivity contribution in [3.63, 3.8) is 0 Å². The van der Waals surface area contributed by atoms with Gasteiger partial charge in [-0.2, -0.15) is 0 Å². The lowest BCUT2D eigenvalue weighted by Crippen LogP contribution is -2.18. The Labute approximate surface area is 82.3 Å². The first-order chi connectivity index (χ1) is 6.95. The van der Waals surface area contributed by atoms with E-state index in [2.05, 4.69) is 9.88 Å². The van der Waals surface area contributed by atoms with E-state index in [1.165, 1.54) is 12.8 Å². The van der Waals surface area contributed by atoms with Crippen LogP contribution in [0.15, 0.2) is 29.0 Å². The molecule has 3 heteroatoms. The summed E-state index contributed by atoms with van der Waals surface area (Å²) in [5, 5.41) is 1.13. The van der Waals surface area contributed by atoms with Crippen LogP contribution in [-0.4, -0.2) is 18.1 Å². The molecule has 14 heavy (non-hydrogen) atoms. The van der Waals surface area contributed by atoms with Crippen LogP contribution in [0.5, 0.6) is 0 Å². The molecule has 0 N–H and O–H groups in total. The number of hydrogen-bond donors (Lipinski definition) is 0. The van der Waals surface area contributed by atoms with Gasteiger partial charge in [-0.15, -0.1) is 0 Å². The first kappa shape index (κ1) is 7.85. The zero-order valence-corrected chi connectivity index (χ0v) is 7.94. The van der Waals surface area contributed by atoms with E-state index in [1.54, 1.807) is 6.26 Å². The minimum atomic E-state index is 0.932. The highest BCUT2D eigenvalue weighted by Crippen LogP contribution is 2.27. The fraction of sp³-hybridized carbons (Fsp3) is 0.364. The van der Waals surface area contributed by atoms with Crippen molar-refractivity contribution in [1.29, 1.82) is 0 Å². The molecular formula is C11H12N2O. The van der Waals surface area contributed by atoms with Crippen LogP contribution in [0.2, 0.25) is 0 Å². The number of pyridine rings is 1. The van der Waals surface area contributed by atoms with Crippen molar-refractivity contribution in [3.05, 3.63) is 24.6 Å². The second-order valence-electron chi connectivity index (χ2n) is 3.66. The molecule has 0 aliphatic carbocycles. The van der Waals surface area contributed by atoms with E-state index in [0.717, 1.165) is 29.9 Å². The van der Waals surface area contributed by atoms with Crippen LogP contribution in [0.25, 0.3) is 11.0 Å². The van der Waals surface area contributed by atoms with Gasteiger partial charge >= 0.3 is 0 Å². The first-order valence-electron chi connectivity index (χ1n) is 5.02. The summed E-state index contributed by atoms with van der Waals surface area (Å²) in [7, 11) is 0. The zero-order chi connectivity index (χ0) is 9.38. The summed E-state index contributed by atoms with van der Waals surface area (Å²) in [6, 6.07) is 3.91. The summed E-state index contributed by atoms with van der Waals surface area (Å²) in [5.41, 5.74) is 0.932. The maximum absolute atomic E-state index is 5.35. The van der Waals surface area contributed by atoms with Gasteiger partial charge in [0.1, 0.15) is 11.4 Å². The molecule has 3 rings (SSSR count). The predicted molar refractivity (Wildman–Crippen MR) is 55.5 cm³/mol. The molecule has 2 aromatic rings. The van der Waals surface area contributed by atoms with E-state index in [0.29, 0.717) is 0 Å². The highest BCUT2D eigenvalue weighted by atomic mass is 16.3. The molecule has 3 heterocycles. The van der Waals surface area contributed by atoms with Crippen LogP contribution in [-0.2, 0) is 0 Å². The largest absolute Gasteiger partial charge is 0.464 e. The molecule has 0 amide bonds. The SMILES string of the molecule is c1cc2occc2c(N2CCCC2)n1. The van der Waals surface area contributed by atoms with Gasteiger partial charge in [0.15, 0.2) is 0 Å². The lowest BCUT2D eigenvalue weighted by atomic mass is 10.3. The van der Waals surface area contributed by atoms with Crippen LogP contribution < -0.4 is 4.90 Å². The van der Waals surface area contributed by atoms with Gasteiger partial charge in [-0.1, -0.05) is 0 Å². The first-order valence-corrected chi connectivity index (χ1v) is 5.02. The van der Waals surface area contributed by atoms with E-state index in [4.69, 9.17) is 4.42 Å². The molecule has 2 aromatic heterocycles. The van der Waals surface area contributed by atoms with Gasteiger partial charge in [-0.25, -0.2) is 4.98 Å². The van der Waals surface area contributed by atoms with Crippen molar-refractivity contribution in [3.8, 4) is 0 Å². The van der Waals surface area contributed by atoms with Crippen molar-refractivity contribution in [1.82, 2.24) is 4.98 Å². The molecule has 0 unspecified atom stereocenters. The number of rotatable bonds is 1. The van der Waals surface area contributed by atoms with Crippen LogP contribution >= 0.6 is 0 Å². The van der Waals surface area contributed by atoms with Crippen LogP contribution in [0, 0.1) is 0 Å². The van der Waals surface area contributed by atoms with Gasteiger partial charge in [0.2, 0.25) is 0 Å². The number of nitrogens with zero attached hydrogens (tertiary/aromatic N) is 2. The average molecular weight is 188 g/mol. The zero-order valence-electron chi connectivity index (χ0n) is 7.94. The summed E-state index contributed by atoms with van der Waals surface area (Å²) in [6.45, 7) is 2.24. The van der Waals surface area contributed by atoms with Crippen LogP contribution in [0.4, 0.5) is 5.82 Å². The van der Waals surface area contributed by atoms with Crippen molar-refractivity contribution in [2.75, 3.05) is 18.0 Å². The Kier molecular flexibility index (Phi) is 1.69. The molecule has 1 aliphatic heterocycles. The molecule has 1 aliphatic rings. The minimum Gasteiger partial charge on any atom is -0.464 e. The highest BCUT2D eigenvalue weighted by molar-refractivity contribution is 5.88. The second kappa shape index (κ2) is 3.01. The van der Waals surface area contributed by atoms with E-state index in [1.807, 2.05) is 18.3 Å². The van der Waals surface area contributed by atoms with Gasteiger partial charge in [0.05, 0.1) is 11.6 Å². The smallest absolute Gasteiger partial charge is 0.139 e. The molecule has 0 aromatic carbocycles. The highest BCUT2D eigenvalue weighted by Gasteiger charge is 2.16. The molecule has 0 radical (unpaired) electrons. The molecule has 0 bridgehead atoms. The third-order valence-electron chi connectivity index (χ3n) is 2.76. The fourth-order valence-electron chi connectivity index (χ4n) is 2.06. The molecule has 0 spiro atoms. The molecular weight excluding hydrogens is 176 g/mol. The van der Waals surface area contributed by atoms with Gasteiger partial charge in [0, 0.05) is 19.3 Å². The second-order valence-corrected chi connectivity index (χ2v) is 3.66. The lowest BCUT2D eigenvalue weighted by molar-refractivity contribution is 0.615. The predicted octanol–water partition coefficient (Wildman–Crippen LogP) is 2.43. The van der Waals surface area contributed by atoms with E-state index >= 15 is 0 Å². The Bertz CT molecular complexity index is 443. The van der Waals surface area contributed by atoms with Gasteiger partial charge in [-0.3, -0.25) is 0 Å². The summed E-state index contributed by atoms with van der Waals surface area (Å²) >= 11 is 0. The van der Waals surface area contributed by atoms with Crippen molar-refractivity contribution >= 4 is 16.8 Å². The fourth-order valence-corrected chi connectivity index (χ4v) is 2.06. The van der Waals surface area contributed by atoms with E-state index in [-0.39, 0.29) is 0 Å². The number of anilines is 1. The minimum absolute atomic E-state index is 0.932. The molecule has 3 nitrogen and oxygen atoms in total. The Morgan fingerprint density at radius 1 is 1.21 bits per heavy atom. The maximum atomic E-state index is 5.35. The third kappa shape index (κ3) is 1.09. The molecule has 0 saturated carbocycles. The number of aromatic nitrogens is 1. The lowest BCUT2D eigenvalue weighted by Gasteiger charge is -2.16. The quantitative estimate of drug-likeness (QED) is 0.688. The molecule has 72 valence electrons. The summed E-state index contributed by atoms with van der Waals surface area (Å²) in [5.74, 6) is 1.08. The van der Waals surface area contributed by atoms with Crippen LogP contribution in [0.3, 0.4) is 0 Å². The normalized spacial score (nSPS) is 16.7. The monoisotopic (exact) mass is 188 g/mol. The van der Waals surface area contributed by atoms with Gasteiger partial charge < -0.3 is 9.32 Å². The van der Waals surface area contributed by atoms with Crippen molar-refractivity contribution in [2.45, 2.75) is 12.8 Å². The number of fused-ring (bicyclic) bond motifs is 1. The molecule has 1 fully saturated rings. The van der Waals surface area contributed by atoms with E-state index in [9.17, 15) is 0 Å². The standard InChI is InChI=1S/C11H12N2O/c1-2-7-13(6-1)11-9-4-8-14-10(9)3-5-12-11/h3-5,8H,1-2,6-7H2. The van der Waals surface area contributed by atoms with Gasteiger partial charge in [0.25, 0.3) is 0 Å². The van der Waals surface area contributed by atoms with Crippen LogP contribution in [0.1, 0.15) is 12.8 Å². The Hall–Kier alpha value is -1.51. The Balaban J connectivity index is 2.14. The number of furan rings is 1. The van der Waals surface area contributed by atoms with Crippen molar-refractivity contribution < 1.29 is 4.42 Å². The van der Waals surface area contributed by atoms with Crippen molar-refractivity contribution in [2.24, 2.45) is 0 Å². The van der Waals surface area contributed by atoms with E-state index < -0.39 is 0 Å².